The molecule has 0 fully saturated rings. The van der Waals surface area contributed by atoms with E-state index < -0.39 is 12.5 Å². The second-order valence-electron chi connectivity index (χ2n) is 3.67. The van der Waals surface area contributed by atoms with E-state index in [1.807, 2.05) is 18.2 Å². The molecule has 94 valence electrons. The molecule has 1 aromatic heterocycles. The van der Waals surface area contributed by atoms with Gasteiger partial charge in [0.1, 0.15) is 0 Å². The van der Waals surface area contributed by atoms with Gasteiger partial charge in [-0.25, -0.2) is 8.78 Å². The van der Waals surface area contributed by atoms with Gasteiger partial charge in [-0.3, -0.25) is 0 Å². The molecule has 17 heavy (non-hydrogen) atoms. The summed E-state index contributed by atoms with van der Waals surface area (Å²) < 4.78 is 25.4. The van der Waals surface area contributed by atoms with Gasteiger partial charge in [0.15, 0.2) is 0 Å². The van der Waals surface area contributed by atoms with Crippen LogP contribution >= 0.6 is 28.3 Å². The summed E-state index contributed by atoms with van der Waals surface area (Å²) in [5, 5.41) is 0.891. The van der Waals surface area contributed by atoms with E-state index in [0.29, 0.717) is 0 Å². The molecule has 0 saturated heterocycles. The lowest BCUT2D eigenvalue weighted by Crippen LogP contribution is -2.13. The molecule has 0 amide bonds. The van der Waals surface area contributed by atoms with Crippen molar-refractivity contribution in [2.75, 3.05) is 0 Å². The Labute approximate surface area is 112 Å². The van der Waals surface area contributed by atoms with Gasteiger partial charge in [0.25, 0.3) is 0 Å². The molecule has 0 saturated carbocycles. The van der Waals surface area contributed by atoms with Crippen LogP contribution in [0.4, 0.5) is 8.78 Å². The molecule has 0 unspecified atom stereocenters. The molecule has 1 atom stereocenters. The fourth-order valence-electron chi connectivity index (χ4n) is 1.74. The first-order chi connectivity index (χ1) is 7.58. The van der Waals surface area contributed by atoms with E-state index in [0.717, 1.165) is 20.9 Å². The Hall–Kier alpha value is -0.650. The highest BCUT2D eigenvalue weighted by molar-refractivity contribution is 9.10. The van der Waals surface area contributed by atoms with Gasteiger partial charge in [-0.15, -0.1) is 12.4 Å². The maximum atomic E-state index is 12.3. The van der Waals surface area contributed by atoms with Gasteiger partial charge in [0.05, 0.1) is 0 Å². The molecule has 0 aliphatic heterocycles. The fourth-order valence-corrected chi connectivity index (χ4v) is 2.10. The molecule has 1 heterocycles. The van der Waals surface area contributed by atoms with Crippen molar-refractivity contribution in [3.63, 3.8) is 0 Å². The van der Waals surface area contributed by atoms with Gasteiger partial charge in [0.2, 0.25) is 6.43 Å². The van der Waals surface area contributed by atoms with Crippen molar-refractivity contribution in [2.45, 2.75) is 18.9 Å². The highest BCUT2D eigenvalue weighted by Crippen LogP contribution is 2.28. The monoisotopic (exact) mass is 324 g/mol. The van der Waals surface area contributed by atoms with E-state index in [1.54, 1.807) is 6.20 Å². The van der Waals surface area contributed by atoms with Gasteiger partial charge in [-0.05, 0) is 23.8 Å². The van der Waals surface area contributed by atoms with Crippen molar-refractivity contribution in [2.24, 2.45) is 5.73 Å². The molecule has 2 rings (SSSR count). The van der Waals surface area contributed by atoms with Crippen molar-refractivity contribution in [3.05, 3.63) is 34.4 Å². The van der Waals surface area contributed by atoms with Crippen molar-refractivity contribution < 1.29 is 8.78 Å². The van der Waals surface area contributed by atoms with Crippen LogP contribution in [0, 0.1) is 0 Å². The Bertz CT molecular complexity index is 501. The number of nitrogens with two attached hydrogens (primary N) is 1. The molecule has 0 bridgehead atoms. The molecule has 2 aromatic rings. The Morgan fingerprint density at radius 2 is 2.06 bits per heavy atom. The largest absolute Gasteiger partial charge is 0.361 e. The van der Waals surface area contributed by atoms with Crippen LogP contribution in [0.1, 0.15) is 18.0 Å². The van der Waals surface area contributed by atoms with Gasteiger partial charge in [-0.1, -0.05) is 15.9 Å². The second kappa shape index (κ2) is 5.80. The number of alkyl halides is 2. The minimum absolute atomic E-state index is 0. The van der Waals surface area contributed by atoms with Crippen LogP contribution in [0.5, 0.6) is 0 Å². The Morgan fingerprint density at radius 1 is 1.35 bits per heavy atom. The predicted molar refractivity (Wildman–Crippen MR) is 70.8 cm³/mol. The van der Waals surface area contributed by atoms with Crippen LogP contribution in [0.15, 0.2) is 28.9 Å². The third-order valence-corrected chi connectivity index (χ3v) is 3.00. The molecule has 0 aliphatic rings. The van der Waals surface area contributed by atoms with Crippen LogP contribution in [0.25, 0.3) is 10.9 Å². The molecule has 0 spiro atoms. The third kappa shape index (κ3) is 3.18. The first kappa shape index (κ1) is 14.4. The third-order valence-electron chi connectivity index (χ3n) is 2.51. The lowest BCUT2D eigenvalue weighted by atomic mass is 10.0. The molecule has 3 N–H and O–H groups in total. The molecular weight excluding hydrogens is 313 g/mol. The zero-order valence-electron chi connectivity index (χ0n) is 8.79. The first-order valence-electron chi connectivity index (χ1n) is 4.88. The summed E-state index contributed by atoms with van der Waals surface area (Å²) in [7, 11) is 0. The molecule has 1 aromatic carbocycles. The van der Waals surface area contributed by atoms with Crippen LogP contribution < -0.4 is 5.73 Å². The predicted octanol–water partition coefficient (Wildman–Crippen LogP) is 4.01. The zero-order valence-corrected chi connectivity index (χ0v) is 11.2. The van der Waals surface area contributed by atoms with Gasteiger partial charge in [-0.2, -0.15) is 0 Å². The van der Waals surface area contributed by atoms with Crippen LogP contribution in [0.2, 0.25) is 0 Å². The topological polar surface area (TPSA) is 41.8 Å². The van der Waals surface area contributed by atoms with Crippen molar-refractivity contribution in [1.29, 1.82) is 0 Å². The van der Waals surface area contributed by atoms with Crippen molar-refractivity contribution in [1.82, 2.24) is 4.98 Å². The minimum atomic E-state index is -2.38. The van der Waals surface area contributed by atoms with E-state index in [2.05, 4.69) is 20.9 Å². The highest BCUT2D eigenvalue weighted by atomic mass is 79.9. The van der Waals surface area contributed by atoms with Gasteiger partial charge >= 0.3 is 0 Å². The number of aromatic nitrogens is 1. The number of nitrogens with one attached hydrogen (secondary N) is 1. The number of H-pyrrole nitrogens is 1. The smallest absolute Gasteiger partial charge is 0.240 e. The number of halogens is 4. The maximum Gasteiger partial charge on any atom is 0.240 e. The number of fused-ring (bicyclic) bond motifs is 1. The summed E-state index contributed by atoms with van der Waals surface area (Å²) in [5.74, 6) is 0. The fraction of sp³-hybridized carbons (Fsp3) is 0.273. The summed E-state index contributed by atoms with van der Waals surface area (Å²) in [6.07, 6.45) is -1.00. The summed E-state index contributed by atoms with van der Waals surface area (Å²) in [6.45, 7) is 0. The number of rotatable bonds is 3. The molecule has 2 nitrogen and oxygen atoms in total. The van der Waals surface area contributed by atoms with Crippen LogP contribution in [0.3, 0.4) is 0 Å². The standard InChI is InChI=1S/C11H11BrF2N2.ClH/c12-6-1-2-10-7(3-6)8(5-16-10)9(15)4-11(13)14;/h1-3,5,9,11,16H,4,15H2;1H/t9-;/m0./s1. The van der Waals surface area contributed by atoms with Gasteiger partial charge in [0, 0.05) is 34.0 Å². The lowest BCUT2D eigenvalue weighted by molar-refractivity contribution is 0.128. The van der Waals surface area contributed by atoms with Crippen LogP contribution in [-0.4, -0.2) is 11.4 Å². The summed E-state index contributed by atoms with van der Waals surface area (Å²) in [4.78, 5) is 3.02. The molecule has 0 radical (unpaired) electrons. The first-order valence-corrected chi connectivity index (χ1v) is 5.67. The second-order valence-corrected chi connectivity index (χ2v) is 4.58. The van der Waals surface area contributed by atoms with Crippen LogP contribution in [-0.2, 0) is 0 Å². The summed E-state index contributed by atoms with van der Waals surface area (Å²) in [5.41, 5.74) is 7.38. The molecular formula is C11H12BrClF2N2. The average molecular weight is 326 g/mol. The number of benzene rings is 1. The maximum absolute atomic E-state index is 12.3. The average Bonchev–Trinajstić information content (AvgIpc) is 2.59. The van der Waals surface area contributed by atoms with E-state index in [4.69, 9.17) is 5.73 Å². The number of hydrogen-bond donors (Lipinski definition) is 2. The Kier molecular flexibility index (Phi) is 4.91. The Balaban J connectivity index is 0.00000144. The lowest BCUT2D eigenvalue weighted by Gasteiger charge is -2.09. The number of hydrogen-bond acceptors (Lipinski definition) is 1. The SMILES string of the molecule is Cl.N[C@@H](CC(F)F)c1c[nH]c2ccc(Br)cc12. The zero-order chi connectivity index (χ0) is 11.7. The highest BCUT2D eigenvalue weighted by Gasteiger charge is 2.16. The summed E-state index contributed by atoms with van der Waals surface area (Å²) >= 11 is 3.35. The number of aromatic amines is 1. The van der Waals surface area contributed by atoms with E-state index in [-0.39, 0.29) is 18.8 Å². The summed E-state index contributed by atoms with van der Waals surface area (Å²) in [6, 6.07) is 5.02. The quantitative estimate of drug-likeness (QED) is 0.879. The van der Waals surface area contributed by atoms with Crippen molar-refractivity contribution >= 4 is 39.2 Å². The van der Waals surface area contributed by atoms with Crippen molar-refractivity contribution in [3.8, 4) is 0 Å². The Morgan fingerprint density at radius 3 is 2.71 bits per heavy atom. The van der Waals surface area contributed by atoms with E-state index in [9.17, 15) is 8.78 Å². The van der Waals surface area contributed by atoms with E-state index >= 15 is 0 Å². The minimum Gasteiger partial charge on any atom is -0.361 e. The normalized spacial score (nSPS) is 12.8. The van der Waals surface area contributed by atoms with Gasteiger partial charge < -0.3 is 10.7 Å². The van der Waals surface area contributed by atoms with E-state index in [1.165, 1.54) is 0 Å². The molecule has 0 aliphatic carbocycles. The molecule has 6 heteroatoms.